The van der Waals surface area contributed by atoms with E-state index in [1.807, 2.05) is 0 Å². The SMILES string of the molecule is COC(=O)c1cnc(Sc2n[nH]c(=O)n2C2CCCCC2)c([N+](=O)[O-])c1. The monoisotopic (exact) mass is 379 g/mol. The third-order valence-corrected chi connectivity index (χ3v) is 5.23. The Kier molecular flexibility index (Phi) is 5.35. The fourth-order valence-corrected chi connectivity index (χ4v) is 3.93. The van der Waals surface area contributed by atoms with E-state index in [-0.39, 0.29) is 28.0 Å². The number of hydrogen-bond donors (Lipinski definition) is 1. The fourth-order valence-electron chi connectivity index (χ4n) is 2.99. The maximum atomic E-state index is 12.1. The molecule has 2 aromatic heterocycles. The maximum absolute atomic E-state index is 12.1. The van der Waals surface area contributed by atoms with Crippen molar-refractivity contribution in [2.75, 3.05) is 7.11 Å². The zero-order chi connectivity index (χ0) is 18.7. The van der Waals surface area contributed by atoms with Crippen molar-refractivity contribution < 1.29 is 14.5 Å². The van der Waals surface area contributed by atoms with Gasteiger partial charge in [-0.2, -0.15) is 0 Å². The van der Waals surface area contributed by atoms with Crippen molar-refractivity contribution in [1.82, 2.24) is 19.7 Å². The summed E-state index contributed by atoms with van der Waals surface area (Å²) >= 11 is 0.927. The van der Waals surface area contributed by atoms with Crippen LogP contribution in [0.15, 0.2) is 27.2 Å². The number of methoxy groups -OCH3 is 1. The Morgan fingerprint density at radius 3 is 2.81 bits per heavy atom. The molecule has 0 aliphatic heterocycles. The summed E-state index contributed by atoms with van der Waals surface area (Å²) in [4.78, 5) is 38.5. The molecule has 1 aliphatic carbocycles. The first kappa shape index (κ1) is 18.1. The zero-order valence-electron chi connectivity index (χ0n) is 14.0. The van der Waals surface area contributed by atoms with E-state index in [4.69, 9.17) is 0 Å². The normalized spacial score (nSPS) is 15.0. The minimum atomic E-state index is -0.712. The molecule has 0 unspecified atom stereocenters. The molecule has 0 saturated heterocycles. The lowest BCUT2D eigenvalue weighted by Gasteiger charge is -2.22. The molecule has 0 atom stereocenters. The molecule has 2 heterocycles. The lowest BCUT2D eigenvalue weighted by molar-refractivity contribution is -0.388. The second kappa shape index (κ2) is 7.68. The summed E-state index contributed by atoms with van der Waals surface area (Å²) in [6.45, 7) is 0. The zero-order valence-corrected chi connectivity index (χ0v) is 14.8. The minimum absolute atomic E-state index is 0.0183. The number of aromatic nitrogens is 4. The van der Waals surface area contributed by atoms with Crippen molar-refractivity contribution in [3.63, 3.8) is 0 Å². The Balaban J connectivity index is 1.95. The third kappa shape index (κ3) is 3.62. The van der Waals surface area contributed by atoms with Crippen LogP contribution in [0.1, 0.15) is 48.5 Å². The summed E-state index contributed by atoms with van der Waals surface area (Å²) in [5, 5.41) is 18.1. The molecule has 26 heavy (non-hydrogen) atoms. The number of ether oxygens (including phenoxy) is 1. The van der Waals surface area contributed by atoms with Crippen LogP contribution in [0.2, 0.25) is 0 Å². The summed E-state index contributed by atoms with van der Waals surface area (Å²) in [7, 11) is 1.18. The van der Waals surface area contributed by atoms with Crippen LogP contribution in [0.25, 0.3) is 0 Å². The molecule has 2 aromatic rings. The highest BCUT2D eigenvalue weighted by Gasteiger charge is 2.26. The van der Waals surface area contributed by atoms with Gasteiger partial charge in [0.2, 0.25) is 0 Å². The molecule has 1 aliphatic rings. The first-order valence-corrected chi connectivity index (χ1v) is 8.90. The van der Waals surface area contributed by atoms with Crippen LogP contribution in [0.4, 0.5) is 5.69 Å². The fraction of sp³-hybridized carbons (Fsp3) is 0.467. The average molecular weight is 379 g/mol. The van der Waals surface area contributed by atoms with Gasteiger partial charge in [0.05, 0.1) is 17.6 Å². The van der Waals surface area contributed by atoms with Gasteiger partial charge in [-0.25, -0.2) is 19.7 Å². The molecule has 0 spiro atoms. The first-order chi connectivity index (χ1) is 12.5. The molecular formula is C15H17N5O5S. The van der Waals surface area contributed by atoms with Gasteiger partial charge < -0.3 is 4.74 Å². The van der Waals surface area contributed by atoms with E-state index in [9.17, 15) is 19.7 Å². The van der Waals surface area contributed by atoms with Crippen molar-refractivity contribution in [3.05, 3.63) is 38.4 Å². The van der Waals surface area contributed by atoms with Crippen LogP contribution >= 0.6 is 11.8 Å². The van der Waals surface area contributed by atoms with E-state index >= 15 is 0 Å². The van der Waals surface area contributed by atoms with Crippen LogP contribution in [0.5, 0.6) is 0 Å². The predicted octanol–water partition coefficient (Wildman–Crippen LogP) is 2.32. The van der Waals surface area contributed by atoms with Crippen LogP contribution < -0.4 is 5.69 Å². The van der Waals surface area contributed by atoms with E-state index in [1.54, 1.807) is 4.57 Å². The third-order valence-electron chi connectivity index (χ3n) is 4.25. The van der Waals surface area contributed by atoms with Gasteiger partial charge in [-0.3, -0.25) is 14.7 Å². The van der Waals surface area contributed by atoms with E-state index in [1.165, 1.54) is 13.3 Å². The smallest absolute Gasteiger partial charge is 0.344 e. The molecule has 0 aromatic carbocycles. The van der Waals surface area contributed by atoms with Crippen molar-refractivity contribution >= 4 is 23.4 Å². The summed E-state index contributed by atoms with van der Waals surface area (Å²) in [5.41, 5.74) is -0.702. The highest BCUT2D eigenvalue weighted by molar-refractivity contribution is 7.99. The van der Waals surface area contributed by atoms with Crippen LogP contribution in [0.3, 0.4) is 0 Å². The van der Waals surface area contributed by atoms with Gasteiger partial charge in [0.25, 0.3) is 0 Å². The topological polar surface area (TPSA) is 133 Å². The second-order valence-corrected chi connectivity index (χ2v) is 6.83. The standard InChI is InChI=1S/C15H17N5O5S/c1-25-13(21)9-7-11(20(23)24)12(16-8-9)26-15-18-17-14(22)19(15)10-5-3-2-4-6-10/h7-8,10H,2-6H2,1H3,(H,17,22). The molecule has 11 heteroatoms. The molecule has 1 fully saturated rings. The molecular weight excluding hydrogens is 362 g/mol. The summed E-state index contributed by atoms with van der Waals surface area (Å²) in [5.74, 6) is -0.712. The number of nitro groups is 1. The Hall–Kier alpha value is -2.69. The van der Waals surface area contributed by atoms with Gasteiger partial charge in [0, 0.05) is 18.3 Å². The van der Waals surface area contributed by atoms with Crippen molar-refractivity contribution in [3.8, 4) is 0 Å². The summed E-state index contributed by atoms with van der Waals surface area (Å²) in [6.07, 6.45) is 6.12. The Morgan fingerprint density at radius 2 is 2.15 bits per heavy atom. The van der Waals surface area contributed by atoms with Crippen molar-refractivity contribution in [2.45, 2.75) is 48.3 Å². The maximum Gasteiger partial charge on any atom is 0.344 e. The largest absolute Gasteiger partial charge is 0.465 e. The number of rotatable bonds is 5. The lowest BCUT2D eigenvalue weighted by atomic mass is 9.95. The number of H-pyrrole nitrogens is 1. The van der Waals surface area contributed by atoms with E-state index < -0.39 is 10.9 Å². The molecule has 138 valence electrons. The van der Waals surface area contributed by atoms with Crippen LogP contribution in [-0.4, -0.2) is 37.8 Å². The number of nitrogens with zero attached hydrogens (tertiary/aromatic N) is 4. The molecule has 1 saturated carbocycles. The number of esters is 1. The number of hydrogen-bond acceptors (Lipinski definition) is 8. The van der Waals surface area contributed by atoms with Crippen LogP contribution in [-0.2, 0) is 4.74 Å². The van der Waals surface area contributed by atoms with Gasteiger partial charge >= 0.3 is 17.3 Å². The van der Waals surface area contributed by atoms with Gasteiger partial charge in [0.15, 0.2) is 10.2 Å². The number of pyridine rings is 1. The molecule has 0 bridgehead atoms. The van der Waals surface area contributed by atoms with Crippen molar-refractivity contribution in [2.24, 2.45) is 0 Å². The molecule has 10 nitrogen and oxygen atoms in total. The Bertz CT molecular complexity index is 887. The minimum Gasteiger partial charge on any atom is -0.465 e. The molecule has 3 rings (SSSR count). The van der Waals surface area contributed by atoms with E-state index in [0.717, 1.165) is 49.9 Å². The summed E-state index contributed by atoms with van der Waals surface area (Å²) < 4.78 is 6.10. The molecule has 0 radical (unpaired) electrons. The predicted molar refractivity (Wildman–Crippen MR) is 91.3 cm³/mol. The molecule has 0 amide bonds. The highest BCUT2D eigenvalue weighted by atomic mass is 32.2. The van der Waals surface area contributed by atoms with E-state index in [0.29, 0.717) is 5.16 Å². The Labute approximate surface area is 152 Å². The van der Waals surface area contributed by atoms with Gasteiger partial charge in [0.1, 0.15) is 0 Å². The van der Waals surface area contributed by atoms with Crippen LogP contribution in [0, 0.1) is 10.1 Å². The number of nitrogens with one attached hydrogen (secondary N) is 1. The number of aromatic amines is 1. The Morgan fingerprint density at radius 1 is 1.42 bits per heavy atom. The van der Waals surface area contributed by atoms with E-state index in [2.05, 4.69) is 19.9 Å². The van der Waals surface area contributed by atoms with Crippen molar-refractivity contribution in [1.29, 1.82) is 0 Å². The van der Waals surface area contributed by atoms with Gasteiger partial charge in [-0.1, -0.05) is 19.3 Å². The number of carbonyl (C=O) groups is 1. The van der Waals surface area contributed by atoms with Gasteiger partial charge in [-0.05, 0) is 24.6 Å². The lowest BCUT2D eigenvalue weighted by Crippen LogP contribution is -2.24. The average Bonchev–Trinajstić information content (AvgIpc) is 3.02. The quantitative estimate of drug-likeness (QED) is 0.475. The second-order valence-electron chi connectivity index (χ2n) is 5.87. The first-order valence-electron chi connectivity index (χ1n) is 8.08. The summed E-state index contributed by atoms with van der Waals surface area (Å²) in [6, 6.07) is 1.13. The molecule has 1 N–H and O–H groups in total. The number of carbonyl (C=O) groups excluding carboxylic acids is 1. The van der Waals surface area contributed by atoms with Gasteiger partial charge in [-0.15, -0.1) is 5.10 Å². The highest BCUT2D eigenvalue weighted by Crippen LogP contribution is 2.35.